The third kappa shape index (κ3) is 4.45. The molecule has 0 bridgehead atoms. The highest BCUT2D eigenvalue weighted by molar-refractivity contribution is 5.43. The molecule has 0 aliphatic rings. The van der Waals surface area contributed by atoms with Gasteiger partial charge in [0.05, 0.1) is 12.2 Å². The van der Waals surface area contributed by atoms with E-state index in [2.05, 4.69) is 63.8 Å². The Hall–Kier alpha value is -3.61. The Labute approximate surface area is 168 Å². The van der Waals surface area contributed by atoms with E-state index in [-0.39, 0.29) is 5.56 Å². The van der Waals surface area contributed by atoms with Crippen LogP contribution in [-0.4, -0.2) is 19.6 Å². The second-order valence-corrected chi connectivity index (χ2v) is 7.26. The molecule has 0 saturated heterocycles. The van der Waals surface area contributed by atoms with Crippen LogP contribution < -0.4 is 16.2 Å². The topological polar surface area (TPSA) is 87.1 Å². The van der Waals surface area contributed by atoms with Crippen molar-refractivity contribution in [3.63, 3.8) is 0 Å². The first kappa shape index (κ1) is 18.7. The van der Waals surface area contributed by atoms with Crippen LogP contribution in [0.1, 0.15) is 36.6 Å². The van der Waals surface area contributed by atoms with Crippen molar-refractivity contribution in [1.29, 1.82) is 0 Å². The fourth-order valence-corrected chi connectivity index (χ4v) is 3.05. The van der Waals surface area contributed by atoms with Gasteiger partial charge in [0.25, 0.3) is 11.3 Å². The third-order valence-corrected chi connectivity index (χ3v) is 4.74. The summed E-state index contributed by atoms with van der Waals surface area (Å²) in [6.07, 6.45) is 0. The Morgan fingerprint density at radius 2 is 1.72 bits per heavy atom. The lowest BCUT2D eigenvalue weighted by molar-refractivity contribution is 0.864. The van der Waals surface area contributed by atoms with E-state index in [1.54, 1.807) is 0 Å². The molecule has 29 heavy (non-hydrogen) atoms. The molecule has 7 nitrogen and oxygen atoms in total. The van der Waals surface area contributed by atoms with Gasteiger partial charge >= 0.3 is 0 Å². The van der Waals surface area contributed by atoms with E-state index in [4.69, 9.17) is 0 Å². The van der Waals surface area contributed by atoms with Crippen molar-refractivity contribution in [1.82, 2.24) is 19.6 Å². The largest absolute Gasteiger partial charge is 0.379 e. The van der Waals surface area contributed by atoms with Crippen molar-refractivity contribution in [2.24, 2.45) is 0 Å². The maximum atomic E-state index is 12.4. The van der Waals surface area contributed by atoms with E-state index in [0.717, 1.165) is 11.3 Å². The van der Waals surface area contributed by atoms with Gasteiger partial charge in [-0.2, -0.15) is 9.50 Å². The molecule has 0 radical (unpaired) electrons. The lowest BCUT2D eigenvalue weighted by Crippen LogP contribution is -2.17. The molecule has 4 aromatic rings. The van der Waals surface area contributed by atoms with Crippen LogP contribution in [0.2, 0.25) is 0 Å². The Morgan fingerprint density at radius 3 is 2.45 bits per heavy atom. The second kappa shape index (κ2) is 8.18. The number of hydrogen-bond acceptors (Lipinski definition) is 5. The molecule has 148 valence electrons. The van der Waals surface area contributed by atoms with Crippen LogP contribution in [0.25, 0.3) is 5.78 Å². The average Bonchev–Trinajstić information content (AvgIpc) is 3.15. The standard InChI is InChI=1S/C22H24N6O/c1-15(2)17-10-8-16(9-11-17)13-24-21-26-22-25-19(12-20(29)28(22)27-21)14-23-18-6-4-3-5-7-18/h3-12,15,23H,13-14H2,1-2H3,(H2,24,25,26,27). The lowest BCUT2D eigenvalue weighted by Gasteiger charge is -2.07. The van der Waals surface area contributed by atoms with Gasteiger partial charge in [-0.1, -0.05) is 56.3 Å². The predicted molar refractivity (Wildman–Crippen MR) is 115 cm³/mol. The third-order valence-electron chi connectivity index (χ3n) is 4.74. The van der Waals surface area contributed by atoms with Crippen molar-refractivity contribution in [2.75, 3.05) is 10.6 Å². The molecule has 0 unspecified atom stereocenters. The zero-order chi connectivity index (χ0) is 20.2. The number of aromatic nitrogens is 4. The SMILES string of the molecule is CC(C)c1ccc(CNc2nc3nc(CNc4ccccc4)cc(=O)n3[nH]2)cc1. The minimum absolute atomic E-state index is 0.193. The molecular weight excluding hydrogens is 364 g/mol. The highest BCUT2D eigenvalue weighted by Crippen LogP contribution is 2.15. The molecule has 7 heteroatoms. The molecule has 2 aromatic heterocycles. The monoisotopic (exact) mass is 388 g/mol. The van der Waals surface area contributed by atoms with Crippen molar-refractivity contribution in [3.8, 4) is 0 Å². The second-order valence-electron chi connectivity index (χ2n) is 7.26. The fourth-order valence-electron chi connectivity index (χ4n) is 3.05. The minimum atomic E-state index is -0.193. The number of benzene rings is 2. The molecule has 0 atom stereocenters. The molecule has 0 fully saturated rings. The molecule has 2 heterocycles. The van der Waals surface area contributed by atoms with E-state index in [0.29, 0.717) is 36.4 Å². The lowest BCUT2D eigenvalue weighted by atomic mass is 10.0. The predicted octanol–water partition coefficient (Wildman–Crippen LogP) is 3.77. The summed E-state index contributed by atoms with van der Waals surface area (Å²) in [6.45, 7) is 5.41. The first-order valence-corrected chi connectivity index (χ1v) is 9.69. The fraction of sp³-hybridized carbons (Fsp3) is 0.227. The molecule has 4 rings (SSSR count). The van der Waals surface area contributed by atoms with Crippen molar-refractivity contribution in [2.45, 2.75) is 32.9 Å². The van der Waals surface area contributed by atoms with Crippen LogP contribution in [0.15, 0.2) is 65.5 Å². The van der Waals surface area contributed by atoms with Crippen LogP contribution in [0.4, 0.5) is 11.6 Å². The summed E-state index contributed by atoms with van der Waals surface area (Å²) in [4.78, 5) is 21.3. The summed E-state index contributed by atoms with van der Waals surface area (Å²) in [7, 11) is 0. The van der Waals surface area contributed by atoms with Crippen LogP contribution in [-0.2, 0) is 13.1 Å². The number of rotatable bonds is 7. The van der Waals surface area contributed by atoms with Crippen molar-refractivity contribution < 1.29 is 0 Å². The summed E-state index contributed by atoms with van der Waals surface area (Å²) in [5.41, 5.74) is 3.87. The normalized spacial score (nSPS) is 11.1. The number of nitrogens with one attached hydrogen (secondary N) is 3. The van der Waals surface area contributed by atoms with Gasteiger partial charge in [0.2, 0.25) is 5.95 Å². The maximum Gasteiger partial charge on any atom is 0.274 e. The number of fused-ring (bicyclic) bond motifs is 1. The highest BCUT2D eigenvalue weighted by atomic mass is 16.1. The van der Waals surface area contributed by atoms with E-state index < -0.39 is 0 Å². The van der Waals surface area contributed by atoms with Gasteiger partial charge in [0, 0.05) is 18.3 Å². The molecule has 0 spiro atoms. The van der Waals surface area contributed by atoms with Gasteiger partial charge in [-0.15, -0.1) is 0 Å². The molecular formula is C22H24N6O. The Bertz CT molecular complexity index is 1150. The Balaban J connectivity index is 1.45. The summed E-state index contributed by atoms with van der Waals surface area (Å²) in [6, 6.07) is 19.8. The van der Waals surface area contributed by atoms with E-state index in [9.17, 15) is 4.79 Å². The Kier molecular flexibility index (Phi) is 5.29. The van der Waals surface area contributed by atoms with Gasteiger partial charge in [0.15, 0.2) is 0 Å². The van der Waals surface area contributed by atoms with Crippen LogP contribution in [0.5, 0.6) is 0 Å². The zero-order valence-electron chi connectivity index (χ0n) is 16.5. The number of aromatic amines is 1. The summed E-state index contributed by atoms with van der Waals surface area (Å²) in [5.74, 6) is 1.37. The molecule has 3 N–H and O–H groups in total. The van der Waals surface area contributed by atoms with E-state index in [1.165, 1.54) is 16.1 Å². The van der Waals surface area contributed by atoms with Crippen LogP contribution >= 0.6 is 0 Å². The van der Waals surface area contributed by atoms with E-state index in [1.807, 2.05) is 30.3 Å². The first-order chi connectivity index (χ1) is 14.1. The molecule has 0 amide bonds. The number of anilines is 2. The summed E-state index contributed by atoms with van der Waals surface area (Å²) < 4.78 is 1.34. The quantitative estimate of drug-likeness (QED) is 0.449. The molecule has 0 aliphatic heterocycles. The minimum Gasteiger partial charge on any atom is -0.379 e. The molecule has 0 aliphatic carbocycles. The van der Waals surface area contributed by atoms with Gasteiger partial charge in [-0.05, 0) is 29.2 Å². The zero-order valence-corrected chi connectivity index (χ0v) is 16.5. The van der Waals surface area contributed by atoms with Crippen LogP contribution in [0, 0.1) is 0 Å². The number of hydrogen-bond donors (Lipinski definition) is 3. The smallest absolute Gasteiger partial charge is 0.274 e. The maximum absolute atomic E-state index is 12.4. The molecule has 0 saturated carbocycles. The van der Waals surface area contributed by atoms with Crippen LogP contribution in [0.3, 0.4) is 0 Å². The van der Waals surface area contributed by atoms with Gasteiger partial charge in [-0.25, -0.2) is 4.98 Å². The average molecular weight is 388 g/mol. The van der Waals surface area contributed by atoms with E-state index >= 15 is 0 Å². The highest BCUT2D eigenvalue weighted by Gasteiger charge is 2.08. The van der Waals surface area contributed by atoms with Gasteiger partial charge < -0.3 is 10.6 Å². The van der Waals surface area contributed by atoms with Gasteiger partial charge in [-0.3, -0.25) is 9.89 Å². The van der Waals surface area contributed by atoms with Crippen molar-refractivity contribution in [3.05, 3.63) is 87.8 Å². The Morgan fingerprint density at radius 1 is 0.966 bits per heavy atom. The summed E-state index contributed by atoms with van der Waals surface area (Å²) >= 11 is 0. The number of nitrogens with zero attached hydrogens (tertiary/aromatic N) is 3. The van der Waals surface area contributed by atoms with Gasteiger partial charge in [0.1, 0.15) is 0 Å². The number of H-pyrrole nitrogens is 1. The molecule has 2 aromatic carbocycles. The first-order valence-electron chi connectivity index (χ1n) is 9.69. The van der Waals surface area contributed by atoms with Crippen molar-refractivity contribution >= 4 is 17.4 Å². The number of para-hydroxylation sites is 1. The summed E-state index contributed by atoms with van der Waals surface area (Å²) in [5, 5.41) is 9.44.